The molecule has 0 radical (unpaired) electrons. The zero-order valence-corrected chi connectivity index (χ0v) is 29.1. The molecular formula is C40H34N8Pt. The van der Waals surface area contributed by atoms with E-state index in [1.165, 1.54) is 33.9 Å². The summed E-state index contributed by atoms with van der Waals surface area (Å²) in [5.74, 6) is 0.904. The van der Waals surface area contributed by atoms with Crippen LogP contribution >= 0.6 is 0 Å². The van der Waals surface area contributed by atoms with Crippen LogP contribution in [0, 0.1) is 40.2 Å². The van der Waals surface area contributed by atoms with E-state index < -0.39 is 14.0 Å². The largest absolute Gasteiger partial charge is 4.00 e. The van der Waals surface area contributed by atoms with Gasteiger partial charge in [0, 0.05) is 44.4 Å². The third kappa shape index (κ3) is 5.80. The molecule has 0 atom stereocenters. The van der Waals surface area contributed by atoms with Gasteiger partial charge < -0.3 is 24.6 Å². The summed E-state index contributed by atoms with van der Waals surface area (Å²) in [7, 11) is 0. The first-order chi connectivity index (χ1) is 25.8. The van der Waals surface area contributed by atoms with Crippen molar-refractivity contribution in [2.24, 2.45) is 0 Å². The topological polar surface area (TPSA) is 65.7 Å². The molecule has 0 fully saturated rings. The second-order valence-electron chi connectivity index (χ2n) is 11.8. The minimum absolute atomic E-state index is 0. The number of aryl methyl sites for hydroxylation is 3. The number of benzene rings is 3. The smallest absolute Gasteiger partial charge is 0.656 e. The number of anilines is 6. The van der Waals surface area contributed by atoms with Crippen LogP contribution in [0.3, 0.4) is 0 Å². The van der Waals surface area contributed by atoms with Crippen LogP contribution in [0.15, 0.2) is 104 Å². The summed E-state index contributed by atoms with van der Waals surface area (Å²) >= 11 is 0. The Balaban J connectivity index is 0.000000278. The van der Waals surface area contributed by atoms with Gasteiger partial charge in [-0.1, -0.05) is 42.0 Å². The van der Waals surface area contributed by atoms with E-state index in [1.54, 1.807) is 58.9 Å². The van der Waals surface area contributed by atoms with Crippen LogP contribution in [0.2, 0.25) is 0 Å². The second-order valence-corrected chi connectivity index (χ2v) is 11.8. The molecule has 0 bridgehead atoms. The van der Waals surface area contributed by atoms with Gasteiger partial charge in [-0.05, 0) is 92.5 Å². The fourth-order valence-corrected chi connectivity index (χ4v) is 6.55. The molecule has 7 aromatic rings. The average Bonchev–Trinajstić information content (AvgIpc) is 3.83. The standard InChI is InChI=1S/C29H27N6.C11H7N2.Pt/c1-19-12-20(2)27(21(3)13-19)22-14-23(34-17-32(4)25-8-6-10-30-28(25)34)16-24(15-22)35-18-33(5)26-9-7-11-31-29(26)35;1-2-4-10-8(3-1)9-5-6-12-7-11(9)13-10;/h6-15,17-18H,1-5H3;1-7H;/q-3;-1;+4/i4D3,5D3;;. The molecule has 0 N–H and O–H groups in total. The first-order valence-electron chi connectivity index (χ1n) is 18.5. The number of rotatable bonds is 3. The van der Waals surface area contributed by atoms with Crippen molar-refractivity contribution < 1.29 is 29.3 Å². The van der Waals surface area contributed by atoms with Gasteiger partial charge >= 0.3 is 21.1 Å². The first-order valence-corrected chi connectivity index (χ1v) is 15.5. The molecule has 8 nitrogen and oxygen atoms in total. The van der Waals surface area contributed by atoms with Gasteiger partial charge in [0.1, 0.15) is 11.6 Å². The molecule has 9 rings (SSSR count). The van der Waals surface area contributed by atoms with E-state index in [-0.39, 0.29) is 21.1 Å². The van der Waals surface area contributed by atoms with Crippen molar-refractivity contribution in [2.45, 2.75) is 20.8 Å². The van der Waals surface area contributed by atoms with Crippen molar-refractivity contribution in [3.05, 3.63) is 140 Å². The minimum atomic E-state index is -2.43. The maximum absolute atomic E-state index is 8.09. The average molecular weight is 828 g/mol. The maximum Gasteiger partial charge on any atom is 4.00 e. The van der Waals surface area contributed by atoms with Crippen molar-refractivity contribution in [3.8, 4) is 11.1 Å². The van der Waals surface area contributed by atoms with Gasteiger partial charge in [0.15, 0.2) is 0 Å². The van der Waals surface area contributed by atoms with E-state index in [9.17, 15) is 0 Å². The molecule has 0 saturated heterocycles. The van der Waals surface area contributed by atoms with Gasteiger partial charge in [0.2, 0.25) is 0 Å². The summed E-state index contributed by atoms with van der Waals surface area (Å²) in [5.41, 5.74) is 9.18. The Hall–Kier alpha value is -5.20. The predicted molar refractivity (Wildman–Crippen MR) is 196 cm³/mol. The van der Waals surface area contributed by atoms with Gasteiger partial charge in [-0.2, -0.15) is 13.3 Å². The number of aromatic nitrogens is 4. The SMILES string of the molecule is [2H]C([2H])([2H])N1[CH-]N(c2[c-]c(N3[CH-]N(C([2H])([2H])[2H])c4cccnc43)cc(-c3c(C)cc(C)cc3C)c2)c2ncccc21.[Pt+4].c1ccc2c(c1)[n-]c1cnccc12. The Morgan fingerprint density at radius 2 is 1.29 bits per heavy atom. The van der Waals surface area contributed by atoms with Gasteiger partial charge in [-0.15, -0.1) is 46.2 Å². The van der Waals surface area contributed by atoms with Crippen molar-refractivity contribution in [1.29, 1.82) is 0 Å². The van der Waals surface area contributed by atoms with Crippen molar-refractivity contribution >= 4 is 56.2 Å². The molecule has 0 amide bonds. The normalized spacial score (nSPS) is 15.7. The fourth-order valence-electron chi connectivity index (χ4n) is 6.55. The van der Waals surface area contributed by atoms with Crippen LogP contribution in [-0.2, 0) is 21.1 Å². The van der Waals surface area contributed by atoms with Gasteiger partial charge in [-0.25, -0.2) is 9.97 Å². The van der Waals surface area contributed by atoms with Crippen LogP contribution in [0.25, 0.3) is 32.9 Å². The molecule has 49 heavy (non-hydrogen) atoms. The van der Waals surface area contributed by atoms with Crippen molar-refractivity contribution in [3.63, 3.8) is 0 Å². The summed E-state index contributed by atoms with van der Waals surface area (Å²) in [6.07, 6.45) is 6.83. The zero-order valence-electron chi connectivity index (χ0n) is 32.9. The number of fused-ring (bicyclic) bond motifs is 5. The Kier molecular flexibility index (Phi) is 6.84. The fraction of sp³-hybridized carbons (Fsp3) is 0.125. The molecule has 0 spiro atoms. The van der Waals surface area contributed by atoms with E-state index >= 15 is 0 Å². The third-order valence-electron chi connectivity index (χ3n) is 8.53. The predicted octanol–water partition coefficient (Wildman–Crippen LogP) is 8.63. The Morgan fingerprint density at radius 3 is 1.90 bits per heavy atom. The molecule has 244 valence electrons. The van der Waals surface area contributed by atoms with Gasteiger partial charge in [0.25, 0.3) is 0 Å². The summed E-state index contributed by atoms with van der Waals surface area (Å²) in [5, 5.41) is 2.39. The quantitative estimate of drug-likeness (QED) is 0.164. The van der Waals surface area contributed by atoms with Crippen LogP contribution in [-0.4, -0.2) is 28.9 Å². The molecule has 6 heterocycles. The molecule has 0 saturated carbocycles. The molecule has 4 aromatic heterocycles. The number of para-hydroxylation sites is 1. The maximum atomic E-state index is 8.09. The van der Waals surface area contributed by atoms with E-state index in [0.29, 0.717) is 34.4 Å². The van der Waals surface area contributed by atoms with E-state index in [2.05, 4.69) is 65.0 Å². The molecule has 0 unspecified atom stereocenters. The van der Waals surface area contributed by atoms with Gasteiger partial charge in [0.05, 0.1) is 0 Å². The molecule has 9 heteroatoms. The van der Waals surface area contributed by atoms with Crippen LogP contribution in [0.5, 0.6) is 0 Å². The van der Waals surface area contributed by atoms with Crippen LogP contribution in [0.1, 0.15) is 24.9 Å². The molecular weight excluding hydrogens is 788 g/mol. The second kappa shape index (κ2) is 13.0. The van der Waals surface area contributed by atoms with Crippen LogP contribution in [0.4, 0.5) is 34.4 Å². The third-order valence-corrected chi connectivity index (χ3v) is 8.53. The summed E-state index contributed by atoms with van der Waals surface area (Å²) in [6, 6.07) is 28.5. The Morgan fingerprint density at radius 1 is 0.694 bits per heavy atom. The number of nitrogens with zero attached hydrogens (tertiary/aromatic N) is 8. The summed E-state index contributed by atoms with van der Waals surface area (Å²) in [4.78, 5) is 23.3. The molecule has 2 aliphatic heterocycles. The number of hydrogen-bond acceptors (Lipinski definition) is 7. The summed E-state index contributed by atoms with van der Waals surface area (Å²) in [6.45, 7) is 4.31. The molecule has 2 aliphatic rings. The Bertz CT molecular complexity index is 2370. The van der Waals surface area contributed by atoms with Crippen LogP contribution < -0.4 is 24.6 Å². The molecule has 0 aliphatic carbocycles. The van der Waals surface area contributed by atoms with Gasteiger partial charge in [-0.3, -0.25) is 4.98 Å². The first kappa shape index (κ1) is 25.8. The molecule has 3 aromatic carbocycles. The Labute approximate surface area is 309 Å². The van der Waals surface area contributed by atoms with E-state index in [0.717, 1.165) is 38.9 Å². The zero-order chi connectivity index (χ0) is 37.9. The number of pyridine rings is 3. The van der Waals surface area contributed by atoms with Crippen molar-refractivity contribution in [2.75, 3.05) is 33.6 Å². The van der Waals surface area contributed by atoms with Crippen molar-refractivity contribution in [1.82, 2.24) is 19.9 Å². The van der Waals surface area contributed by atoms with E-state index in [1.807, 2.05) is 36.4 Å². The minimum Gasteiger partial charge on any atom is -0.656 e. The number of hydrogen-bond donors (Lipinski definition) is 0. The summed E-state index contributed by atoms with van der Waals surface area (Å²) < 4.78 is 48.5. The van der Waals surface area contributed by atoms with E-state index in [4.69, 9.17) is 8.22 Å². The monoisotopic (exact) mass is 827 g/mol.